The first-order valence-corrected chi connectivity index (χ1v) is 14.4. The van der Waals surface area contributed by atoms with E-state index >= 15 is 0 Å². The summed E-state index contributed by atoms with van der Waals surface area (Å²) in [6.07, 6.45) is 16.4. The number of nitrogens with zero attached hydrogens (tertiary/aromatic N) is 1. The topological polar surface area (TPSA) is 0 Å². The summed E-state index contributed by atoms with van der Waals surface area (Å²) in [5, 5.41) is 0. The standard InChI is InChI=1S/C31H58N.BrH/c1-7-13-19-28(10-4)24-32(25-29(11-5)20-14-8-2,26-30(12-6)21-15-9-3)27-31-22-17-16-18-23-31;/h16-18,22-23,28-30H,7-15,19-21,24-27H2,1-6H3;1H/q+1;/p-1. The number of quaternary nitrogens is 1. The van der Waals surface area contributed by atoms with E-state index in [0.29, 0.717) is 0 Å². The molecule has 0 saturated carbocycles. The van der Waals surface area contributed by atoms with Crippen molar-refractivity contribution < 1.29 is 21.5 Å². The van der Waals surface area contributed by atoms with Crippen LogP contribution in [0, 0.1) is 17.8 Å². The minimum absolute atomic E-state index is 0. The zero-order valence-corrected chi connectivity index (χ0v) is 24.8. The van der Waals surface area contributed by atoms with E-state index in [9.17, 15) is 0 Å². The molecule has 194 valence electrons. The van der Waals surface area contributed by atoms with Gasteiger partial charge in [0.25, 0.3) is 0 Å². The molecule has 0 saturated heterocycles. The lowest BCUT2D eigenvalue weighted by Crippen LogP contribution is -3.00. The van der Waals surface area contributed by atoms with Gasteiger partial charge in [0.05, 0.1) is 19.6 Å². The summed E-state index contributed by atoms with van der Waals surface area (Å²) in [7, 11) is 0. The Labute approximate surface area is 219 Å². The number of hydrogen-bond donors (Lipinski definition) is 0. The SMILES string of the molecule is CCCCC(CC)C[N+](Cc1ccccc1)(CC(CC)CCCC)CC(CC)CCCC.[Br-]. The first kappa shape index (κ1) is 32.7. The molecule has 3 unspecified atom stereocenters. The Bertz CT molecular complexity index is 498. The molecule has 33 heavy (non-hydrogen) atoms. The molecule has 0 radical (unpaired) electrons. The van der Waals surface area contributed by atoms with E-state index in [0.717, 1.165) is 17.8 Å². The van der Waals surface area contributed by atoms with Gasteiger partial charge in [0, 0.05) is 23.3 Å². The molecule has 1 rings (SSSR count). The van der Waals surface area contributed by atoms with E-state index in [4.69, 9.17) is 0 Å². The second kappa shape index (κ2) is 19.9. The smallest absolute Gasteiger partial charge is 0.104 e. The van der Waals surface area contributed by atoms with Crippen LogP contribution in [0.15, 0.2) is 30.3 Å². The summed E-state index contributed by atoms with van der Waals surface area (Å²) >= 11 is 0. The highest BCUT2D eigenvalue weighted by atomic mass is 79.9. The van der Waals surface area contributed by atoms with Gasteiger partial charge in [-0.2, -0.15) is 0 Å². The average Bonchev–Trinajstić information content (AvgIpc) is 2.82. The fourth-order valence-corrected chi connectivity index (χ4v) is 5.78. The van der Waals surface area contributed by atoms with E-state index < -0.39 is 0 Å². The van der Waals surface area contributed by atoms with E-state index in [1.807, 2.05) is 0 Å². The highest BCUT2D eigenvalue weighted by molar-refractivity contribution is 5.13. The van der Waals surface area contributed by atoms with Gasteiger partial charge in [-0.15, -0.1) is 0 Å². The molecule has 1 aromatic rings. The third-order valence-electron chi connectivity index (χ3n) is 7.93. The third kappa shape index (κ3) is 13.4. The van der Waals surface area contributed by atoms with E-state index in [1.54, 1.807) is 5.56 Å². The van der Waals surface area contributed by atoms with Crippen molar-refractivity contribution in [3.63, 3.8) is 0 Å². The second-order valence-electron chi connectivity index (χ2n) is 10.8. The Balaban J connectivity index is 0.0000102. The Morgan fingerprint density at radius 3 is 1.24 bits per heavy atom. The van der Waals surface area contributed by atoms with E-state index in [2.05, 4.69) is 71.9 Å². The average molecular weight is 525 g/mol. The largest absolute Gasteiger partial charge is 1.00 e. The van der Waals surface area contributed by atoms with Crippen LogP contribution in [-0.4, -0.2) is 24.1 Å². The van der Waals surface area contributed by atoms with Gasteiger partial charge < -0.3 is 21.5 Å². The van der Waals surface area contributed by atoms with Gasteiger partial charge in [-0.05, 0) is 38.5 Å². The fourth-order valence-electron chi connectivity index (χ4n) is 5.78. The van der Waals surface area contributed by atoms with Gasteiger partial charge in [-0.3, -0.25) is 0 Å². The quantitative estimate of drug-likeness (QED) is 0.167. The minimum Gasteiger partial charge on any atom is -1.00 e. The maximum atomic E-state index is 2.44. The molecular formula is C31H58BrN. The van der Waals surface area contributed by atoms with Gasteiger partial charge in [-0.25, -0.2) is 0 Å². The summed E-state index contributed by atoms with van der Waals surface area (Å²) in [5.74, 6) is 2.60. The molecule has 0 fully saturated rings. The van der Waals surface area contributed by atoms with Crippen LogP contribution in [0.2, 0.25) is 0 Å². The third-order valence-corrected chi connectivity index (χ3v) is 7.93. The molecule has 0 bridgehead atoms. The predicted molar refractivity (Wildman–Crippen MR) is 145 cm³/mol. The van der Waals surface area contributed by atoms with Crippen LogP contribution in [0.5, 0.6) is 0 Å². The Morgan fingerprint density at radius 2 is 0.939 bits per heavy atom. The van der Waals surface area contributed by atoms with Crippen LogP contribution < -0.4 is 17.0 Å². The molecule has 3 atom stereocenters. The van der Waals surface area contributed by atoms with Gasteiger partial charge in [0.15, 0.2) is 0 Å². The second-order valence-corrected chi connectivity index (χ2v) is 10.8. The molecular weight excluding hydrogens is 466 g/mol. The number of unbranched alkanes of at least 4 members (excludes halogenated alkanes) is 3. The van der Waals surface area contributed by atoms with Crippen LogP contribution in [-0.2, 0) is 6.54 Å². The van der Waals surface area contributed by atoms with Crippen molar-refractivity contribution in [2.75, 3.05) is 19.6 Å². The molecule has 0 spiro atoms. The summed E-state index contributed by atoms with van der Waals surface area (Å²) in [6.45, 7) is 19.8. The van der Waals surface area contributed by atoms with Crippen LogP contribution in [0.4, 0.5) is 0 Å². The highest BCUT2D eigenvalue weighted by Gasteiger charge is 2.35. The Kier molecular flexibility index (Phi) is 19.7. The van der Waals surface area contributed by atoms with Crippen molar-refractivity contribution in [2.24, 2.45) is 17.8 Å². The van der Waals surface area contributed by atoms with Crippen molar-refractivity contribution in [2.45, 2.75) is 125 Å². The van der Waals surface area contributed by atoms with Crippen LogP contribution in [0.3, 0.4) is 0 Å². The molecule has 2 heteroatoms. The maximum Gasteiger partial charge on any atom is 0.104 e. The van der Waals surface area contributed by atoms with Crippen molar-refractivity contribution in [3.05, 3.63) is 35.9 Å². The molecule has 0 aliphatic carbocycles. The fraction of sp³-hybridized carbons (Fsp3) is 0.806. The van der Waals surface area contributed by atoms with Crippen molar-refractivity contribution in [3.8, 4) is 0 Å². The maximum absolute atomic E-state index is 2.44. The first-order valence-electron chi connectivity index (χ1n) is 14.4. The zero-order valence-electron chi connectivity index (χ0n) is 23.3. The van der Waals surface area contributed by atoms with Gasteiger partial charge in [-0.1, -0.05) is 110 Å². The van der Waals surface area contributed by atoms with Crippen LogP contribution in [0.1, 0.15) is 124 Å². The van der Waals surface area contributed by atoms with E-state index in [1.165, 1.54) is 108 Å². The van der Waals surface area contributed by atoms with Gasteiger partial charge in [0.1, 0.15) is 6.54 Å². The number of hydrogen-bond acceptors (Lipinski definition) is 0. The number of benzene rings is 1. The molecule has 1 nitrogen and oxygen atoms in total. The van der Waals surface area contributed by atoms with Crippen molar-refractivity contribution >= 4 is 0 Å². The van der Waals surface area contributed by atoms with Crippen LogP contribution >= 0.6 is 0 Å². The summed E-state index contributed by atoms with van der Waals surface area (Å²) < 4.78 is 1.33. The lowest BCUT2D eigenvalue weighted by Gasteiger charge is -2.45. The molecule has 0 aromatic heterocycles. The molecule has 0 amide bonds. The number of halogens is 1. The van der Waals surface area contributed by atoms with Crippen molar-refractivity contribution in [1.82, 2.24) is 0 Å². The normalized spacial score (nSPS) is 15.9. The summed E-state index contributed by atoms with van der Waals surface area (Å²) in [6, 6.07) is 11.5. The number of rotatable bonds is 20. The molecule has 0 heterocycles. The molecule has 1 aromatic carbocycles. The lowest BCUT2D eigenvalue weighted by atomic mass is 9.90. The van der Waals surface area contributed by atoms with Gasteiger partial charge in [0.2, 0.25) is 0 Å². The monoisotopic (exact) mass is 523 g/mol. The summed E-state index contributed by atoms with van der Waals surface area (Å²) in [5.41, 5.74) is 1.55. The highest BCUT2D eigenvalue weighted by Crippen LogP contribution is 2.30. The predicted octanol–water partition coefficient (Wildman–Crippen LogP) is 6.66. The lowest BCUT2D eigenvalue weighted by molar-refractivity contribution is -0.950. The first-order chi connectivity index (χ1) is 15.6. The van der Waals surface area contributed by atoms with Crippen molar-refractivity contribution in [1.29, 1.82) is 0 Å². The Hall–Kier alpha value is -0.340. The van der Waals surface area contributed by atoms with Crippen LogP contribution in [0.25, 0.3) is 0 Å². The molecule has 0 aliphatic rings. The molecule has 0 aliphatic heterocycles. The zero-order chi connectivity index (χ0) is 23.7. The Morgan fingerprint density at radius 1 is 0.576 bits per heavy atom. The molecule has 0 N–H and O–H groups in total. The van der Waals surface area contributed by atoms with Gasteiger partial charge >= 0.3 is 0 Å². The minimum atomic E-state index is 0. The van der Waals surface area contributed by atoms with E-state index in [-0.39, 0.29) is 17.0 Å². The summed E-state index contributed by atoms with van der Waals surface area (Å²) in [4.78, 5) is 0.